The highest BCUT2D eigenvalue weighted by molar-refractivity contribution is 6.33. The van der Waals surface area contributed by atoms with Crippen molar-refractivity contribution in [1.29, 1.82) is 0 Å². The third-order valence-electron chi connectivity index (χ3n) is 4.77. The van der Waals surface area contributed by atoms with Crippen LogP contribution in [0.4, 0.5) is 18.9 Å². The second-order valence-electron chi connectivity index (χ2n) is 7.11. The van der Waals surface area contributed by atoms with Gasteiger partial charge in [-0.3, -0.25) is 9.59 Å². The quantitative estimate of drug-likeness (QED) is 0.322. The summed E-state index contributed by atoms with van der Waals surface area (Å²) in [5, 5.41) is 3.12. The number of ether oxygens (including phenoxy) is 1. The molecule has 0 radical (unpaired) electrons. The van der Waals surface area contributed by atoms with Crippen molar-refractivity contribution < 1.29 is 27.1 Å². The van der Waals surface area contributed by atoms with Crippen molar-refractivity contribution in [3.63, 3.8) is 0 Å². The number of rotatable bonds is 5. The zero-order valence-corrected chi connectivity index (χ0v) is 18.6. The number of hydrogen-bond acceptors (Lipinski definition) is 4. The fraction of sp³-hybridized carbons (Fsp3) is 0.0833. The summed E-state index contributed by atoms with van der Waals surface area (Å²) in [6.45, 7) is -0.448. The van der Waals surface area contributed by atoms with Crippen LogP contribution in [-0.4, -0.2) is 12.5 Å². The summed E-state index contributed by atoms with van der Waals surface area (Å²) >= 11 is 11.8. The standard InChI is InChI=1S/C24H14Cl2F3NO4/c25-14-7-5-13(6-8-14)21-22(32)16-10-9-15(11-19(16)34-23(21)24(27,28)29)33-12-20(31)30-18-4-2-1-3-17(18)26/h1-11H,12H2,(H,30,31). The Hall–Kier alpha value is -3.49. The maximum absolute atomic E-state index is 13.8. The van der Waals surface area contributed by atoms with Crippen LogP contribution in [0, 0.1) is 0 Å². The van der Waals surface area contributed by atoms with E-state index in [-0.39, 0.29) is 22.3 Å². The van der Waals surface area contributed by atoms with Gasteiger partial charge < -0.3 is 14.5 Å². The number of halogens is 5. The molecule has 0 aliphatic heterocycles. The number of alkyl halides is 3. The molecule has 0 spiro atoms. The minimum absolute atomic E-state index is 0.0175. The number of amides is 1. The molecule has 1 heterocycles. The van der Waals surface area contributed by atoms with Gasteiger partial charge in [-0.1, -0.05) is 47.5 Å². The van der Waals surface area contributed by atoms with Crippen molar-refractivity contribution in [2.24, 2.45) is 0 Å². The maximum atomic E-state index is 13.8. The van der Waals surface area contributed by atoms with E-state index in [1.165, 1.54) is 36.4 Å². The number of benzene rings is 3. The van der Waals surface area contributed by atoms with Crippen LogP contribution in [0.25, 0.3) is 22.1 Å². The zero-order chi connectivity index (χ0) is 24.5. The van der Waals surface area contributed by atoms with Crippen LogP contribution in [0.3, 0.4) is 0 Å². The van der Waals surface area contributed by atoms with Crippen LogP contribution in [0.5, 0.6) is 5.75 Å². The van der Waals surface area contributed by atoms with Gasteiger partial charge in [-0.25, -0.2) is 0 Å². The van der Waals surface area contributed by atoms with E-state index in [4.69, 9.17) is 32.4 Å². The first-order valence-electron chi connectivity index (χ1n) is 9.74. The summed E-state index contributed by atoms with van der Waals surface area (Å²) in [6.07, 6.45) is -4.94. The number of para-hydroxylation sites is 1. The van der Waals surface area contributed by atoms with Gasteiger partial charge in [0.15, 0.2) is 6.61 Å². The van der Waals surface area contributed by atoms with Crippen molar-refractivity contribution in [2.45, 2.75) is 6.18 Å². The molecule has 0 bridgehead atoms. The Kier molecular flexibility index (Phi) is 6.54. The molecular weight excluding hydrogens is 494 g/mol. The lowest BCUT2D eigenvalue weighted by molar-refractivity contribution is -0.152. The summed E-state index contributed by atoms with van der Waals surface area (Å²) in [5.41, 5.74) is -1.42. The van der Waals surface area contributed by atoms with Gasteiger partial charge in [0, 0.05) is 11.1 Å². The highest BCUT2D eigenvalue weighted by atomic mass is 35.5. The normalized spacial score (nSPS) is 11.4. The van der Waals surface area contributed by atoms with E-state index < -0.39 is 35.4 Å². The van der Waals surface area contributed by atoms with E-state index in [0.717, 1.165) is 6.07 Å². The molecule has 1 aromatic heterocycles. The van der Waals surface area contributed by atoms with E-state index in [0.29, 0.717) is 15.7 Å². The number of fused-ring (bicyclic) bond motifs is 1. The van der Waals surface area contributed by atoms with Crippen molar-refractivity contribution >= 4 is 45.8 Å². The Morgan fingerprint density at radius 1 is 1.00 bits per heavy atom. The molecule has 174 valence electrons. The number of nitrogens with one attached hydrogen (secondary N) is 1. The van der Waals surface area contributed by atoms with Crippen LogP contribution < -0.4 is 15.5 Å². The average molecular weight is 508 g/mol. The van der Waals surface area contributed by atoms with Gasteiger partial charge in [0.25, 0.3) is 5.91 Å². The molecule has 0 saturated carbocycles. The van der Waals surface area contributed by atoms with Crippen LogP contribution in [0.2, 0.25) is 10.0 Å². The summed E-state index contributed by atoms with van der Waals surface area (Å²) in [5.74, 6) is -1.94. The lowest BCUT2D eigenvalue weighted by atomic mass is 10.0. The topological polar surface area (TPSA) is 68.5 Å². The molecule has 0 atom stereocenters. The molecule has 4 aromatic rings. The highest BCUT2D eigenvalue weighted by Gasteiger charge is 2.39. The molecular formula is C24H14Cl2F3NO4. The average Bonchev–Trinajstić information content (AvgIpc) is 2.79. The summed E-state index contributed by atoms with van der Waals surface area (Å²) < 4.78 is 51.8. The molecule has 0 fully saturated rings. The summed E-state index contributed by atoms with van der Waals surface area (Å²) in [7, 11) is 0. The van der Waals surface area contributed by atoms with Gasteiger partial charge in [-0.05, 0) is 42.0 Å². The van der Waals surface area contributed by atoms with E-state index >= 15 is 0 Å². The minimum Gasteiger partial charge on any atom is -0.484 e. The molecule has 1 amide bonds. The fourth-order valence-electron chi connectivity index (χ4n) is 3.24. The Balaban J connectivity index is 1.65. The number of carbonyl (C=O) groups is 1. The van der Waals surface area contributed by atoms with E-state index in [9.17, 15) is 22.8 Å². The fourth-order valence-corrected chi connectivity index (χ4v) is 3.55. The van der Waals surface area contributed by atoms with Gasteiger partial charge >= 0.3 is 6.18 Å². The predicted molar refractivity (Wildman–Crippen MR) is 124 cm³/mol. The van der Waals surface area contributed by atoms with Crippen molar-refractivity contribution in [3.05, 3.63) is 92.8 Å². The SMILES string of the molecule is O=C(COc1ccc2c(=O)c(-c3ccc(Cl)cc3)c(C(F)(F)F)oc2c1)Nc1ccccc1Cl. The van der Waals surface area contributed by atoms with E-state index in [2.05, 4.69) is 5.32 Å². The molecule has 0 aliphatic rings. The third-order valence-corrected chi connectivity index (χ3v) is 5.35. The van der Waals surface area contributed by atoms with E-state index in [1.54, 1.807) is 24.3 Å². The molecule has 1 N–H and O–H groups in total. The molecule has 4 rings (SSSR count). The predicted octanol–water partition coefficient (Wildman–Crippen LogP) is 6.80. The smallest absolute Gasteiger partial charge is 0.450 e. The minimum atomic E-state index is -4.94. The summed E-state index contributed by atoms with van der Waals surface area (Å²) in [4.78, 5) is 25.1. The molecule has 0 saturated heterocycles. The van der Waals surface area contributed by atoms with Crippen LogP contribution in [0.1, 0.15) is 5.76 Å². The number of hydrogen-bond donors (Lipinski definition) is 1. The first-order valence-corrected chi connectivity index (χ1v) is 10.5. The van der Waals surface area contributed by atoms with Crippen molar-refractivity contribution in [1.82, 2.24) is 0 Å². The number of anilines is 1. The van der Waals surface area contributed by atoms with Crippen LogP contribution in [-0.2, 0) is 11.0 Å². The zero-order valence-electron chi connectivity index (χ0n) is 17.1. The summed E-state index contributed by atoms with van der Waals surface area (Å²) in [6, 6.07) is 15.7. The highest BCUT2D eigenvalue weighted by Crippen LogP contribution is 2.38. The molecule has 10 heteroatoms. The van der Waals surface area contributed by atoms with Gasteiger partial charge in [0.2, 0.25) is 11.2 Å². The Bertz CT molecular complexity index is 1430. The Labute approximate surface area is 200 Å². The Morgan fingerprint density at radius 3 is 2.38 bits per heavy atom. The second kappa shape index (κ2) is 9.40. The molecule has 34 heavy (non-hydrogen) atoms. The number of carbonyl (C=O) groups excluding carboxylic acids is 1. The third kappa shape index (κ3) is 5.03. The Morgan fingerprint density at radius 2 is 1.71 bits per heavy atom. The van der Waals surface area contributed by atoms with Crippen LogP contribution in [0.15, 0.2) is 75.9 Å². The van der Waals surface area contributed by atoms with Gasteiger partial charge in [0.05, 0.1) is 21.7 Å². The van der Waals surface area contributed by atoms with Gasteiger partial charge in [0.1, 0.15) is 11.3 Å². The van der Waals surface area contributed by atoms with Crippen LogP contribution >= 0.6 is 23.2 Å². The largest absolute Gasteiger partial charge is 0.484 e. The molecule has 5 nitrogen and oxygen atoms in total. The first-order chi connectivity index (χ1) is 16.1. The van der Waals surface area contributed by atoms with Crippen molar-refractivity contribution in [2.75, 3.05) is 11.9 Å². The lowest BCUT2D eigenvalue weighted by Gasteiger charge is -2.13. The molecule has 0 aliphatic carbocycles. The van der Waals surface area contributed by atoms with Crippen molar-refractivity contribution in [3.8, 4) is 16.9 Å². The van der Waals surface area contributed by atoms with E-state index in [1.807, 2.05) is 0 Å². The first kappa shape index (κ1) is 23.7. The van der Waals surface area contributed by atoms with Gasteiger partial charge in [-0.2, -0.15) is 13.2 Å². The maximum Gasteiger partial charge on any atom is 0.450 e. The monoisotopic (exact) mass is 507 g/mol. The molecule has 3 aromatic carbocycles. The second-order valence-corrected chi connectivity index (χ2v) is 7.96. The lowest BCUT2D eigenvalue weighted by Crippen LogP contribution is -2.20. The van der Waals surface area contributed by atoms with Gasteiger partial charge in [-0.15, -0.1) is 0 Å². The molecule has 0 unspecified atom stereocenters.